The SMILES string of the molecule is COC(=O)c1ccc2c(c1)CC(CNC(=O)c1ccccc1F)O2. The number of ether oxygens (including phenoxy) is 2. The predicted molar refractivity (Wildman–Crippen MR) is 84.6 cm³/mol. The molecule has 3 rings (SSSR count). The fraction of sp³-hybridized carbons (Fsp3) is 0.222. The monoisotopic (exact) mass is 329 g/mol. The van der Waals surface area contributed by atoms with Crippen LogP contribution in [0.3, 0.4) is 0 Å². The Hall–Kier alpha value is -2.89. The number of hydrogen-bond acceptors (Lipinski definition) is 4. The lowest BCUT2D eigenvalue weighted by atomic mass is 10.1. The van der Waals surface area contributed by atoms with Crippen LogP contribution in [0.4, 0.5) is 4.39 Å². The highest BCUT2D eigenvalue weighted by Crippen LogP contribution is 2.29. The van der Waals surface area contributed by atoms with Gasteiger partial charge in [0.05, 0.1) is 24.8 Å². The third-order valence-electron chi connectivity index (χ3n) is 3.83. The fourth-order valence-corrected chi connectivity index (χ4v) is 2.63. The second-order valence-corrected chi connectivity index (χ2v) is 5.45. The molecule has 1 amide bonds. The molecule has 1 atom stereocenters. The van der Waals surface area contributed by atoms with Gasteiger partial charge in [0.25, 0.3) is 5.91 Å². The van der Waals surface area contributed by atoms with Gasteiger partial charge in [-0.3, -0.25) is 4.79 Å². The molecule has 0 aliphatic carbocycles. The second kappa shape index (κ2) is 6.70. The molecule has 2 aromatic rings. The van der Waals surface area contributed by atoms with Crippen LogP contribution in [0.1, 0.15) is 26.3 Å². The minimum absolute atomic E-state index is 0.000915. The average Bonchev–Trinajstić information content (AvgIpc) is 3.01. The van der Waals surface area contributed by atoms with Gasteiger partial charge in [0.2, 0.25) is 0 Å². The van der Waals surface area contributed by atoms with E-state index >= 15 is 0 Å². The Balaban J connectivity index is 1.61. The first-order chi connectivity index (χ1) is 11.6. The van der Waals surface area contributed by atoms with Crippen molar-refractivity contribution in [3.8, 4) is 5.75 Å². The van der Waals surface area contributed by atoms with Gasteiger partial charge in [-0.15, -0.1) is 0 Å². The molecule has 0 saturated heterocycles. The highest BCUT2D eigenvalue weighted by molar-refractivity contribution is 5.94. The number of carbonyl (C=O) groups is 2. The van der Waals surface area contributed by atoms with E-state index in [0.717, 1.165) is 5.56 Å². The molecular weight excluding hydrogens is 313 g/mol. The van der Waals surface area contributed by atoms with E-state index in [4.69, 9.17) is 4.74 Å². The predicted octanol–water partition coefficient (Wildman–Crippen LogP) is 2.35. The first-order valence-corrected chi connectivity index (χ1v) is 7.49. The summed E-state index contributed by atoms with van der Waals surface area (Å²) in [5, 5.41) is 2.67. The van der Waals surface area contributed by atoms with Crippen molar-refractivity contribution >= 4 is 11.9 Å². The van der Waals surface area contributed by atoms with Gasteiger partial charge in [-0.05, 0) is 35.9 Å². The number of halogens is 1. The Morgan fingerprint density at radius 2 is 2.08 bits per heavy atom. The molecule has 124 valence electrons. The van der Waals surface area contributed by atoms with E-state index in [1.165, 1.54) is 25.3 Å². The molecule has 1 aliphatic heterocycles. The molecule has 1 N–H and O–H groups in total. The molecular formula is C18H16FNO4. The molecule has 5 nitrogen and oxygen atoms in total. The summed E-state index contributed by atoms with van der Waals surface area (Å²) in [6, 6.07) is 10.9. The van der Waals surface area contributed by atoms with Crippen molar-refractivity contribution in [2.75, 3.05) is 13.7 Å². The number of amides is 1. The van der Waals surface area contributed by atoms with Gasteiger partial charge in [0.1, 0.15) is 17.7 Å². The van der Waals surface area contributed by atoms with Gasteiger partial charge in [0.15, 0.2) is 0 Å². The molecule has 0 aromatic heterocycles. The van der Waals surface area contributed by atoms with Crippen molar-refractivity contribution < 1.29 is 23.5 Å². The van der Waals surface area contributed by atoms with Gasteiger partial charge in [-0.1, -0.05) is 12.1 Å². The standard InChI is InChI=1S/C18H16FNO4/c1-23-18(22)11-6-7-16-12(8-11)9-13(24-16)10-20-17(21)14-4-2-3-5-15(14)19/h2-8,13H,9-10H2,1H3,(H,20,21). The zero-order valence-electron chi connectivity index (χ0n) is 13.0. The molecule has 0 fully saturated rings. The Morgan fingerprint density at radius 1 is 1.29 bits per heavy atom. The number of benzene rings is 2. The Kier molecular flexibility index (Phi) is 4.46. The van der Waals surface area contributed by atoms with Crippen molar-refractivity contribution in [2.24, 2.45) is 0 Å². The number of nitrogens with one attached hydrogen (secondary N) is 1. The van der Waals surface area contributed by atoms with E-state index in [0.29, 0.717) is 17.7 Å². The van der Waals surface area contributed by atoms with Gasteiger partial charge in [-0.2, -0.15) is 0 Å². The summed E-state index contributed by atoms with van der Waals surface area (Å²) in [5.74, 6) is -0.779. The zero-order chi connectivity index (χ0) is 17.1. The average molecular weight is 329 g/mol. The topological polar surface area (TPSA) is 64.6 Å². The first kappa shape index (κ1) is 16.0. The minimum atomic E-state index is -0.562. The molecule has 0 saturated carbocycles. The smallest absolute Gasteiger partial charge is 0.337 e. The number of rotatable bonds is 4. The van der Waals surface area contributed by atoms with Crippen LogP contribution in [0.15, 0.2) is 42.5 Å². The summed E-state index contributed by atoms with van der Waals surface area (Å²) in [5.41, 5.74) is 1.33. The minimum Gasteiger partial charge on any atom is -0.488 e. The quantitative estimate of drug-likeness (QED) is 0.875. The van der Waals surface area contributed by atoms with Crippen molar-refractivity contribution in [1.29, 1.82) is 0 Å². The van der Waals surface area contributed by atoms with E-state index in [1.807, 2.05) is 0 Å². The summed E-state index contributed by atoms with van der Waals surface area (Å²) < 4.78 is 24.0. The van der Waals surface area contributed by atoms with Gasteiger partial charge >= 0.3 is 5.97 Å². The Bertz CT molecular complexity index is 790. The van der Waals surface area contributed by atoms with Crippen LogP contribution in [0.5, 0.6) is 5.75 Å². The summed E-state index contributed by atoms with van der Waals surface area (Å²) in [6.45, 7) is 0.245. The summed E-state index contributed by atoms with van der Waals surface area (Å²) in [4.78, 5) is 23.6. The van der Waals surface area contributed by atoms with Crippen molar-refractivity contribution in [2.45, 2.75) is 12.5 Å². The maximum atomic E-state index is 13.6. The molecule has 0 radical (unpaired) electrons. The molecule has 1 heterocycles. The molecule has 0 bridgehead atoms. The van der Waals surface area contributed by atoms with Gasteiger partial charge < -0.3 is 14.8 Å². The van der Waals surface area contributed by atoms with E-state index in [9.17, 15) is 14.0 Å². The summed E-state index contributed by atoms with van der Waals surface area (Å²) in [6.07, 6.45) is 0.293. The van der Waals surface area contributed by atoms with Crippen LogP contribution in [-0.4, -0.2) is 31.6 Å². The summed E-state index contributed by atoms with van der Waals surface area (Å²) >= 11 is 0. The van der Waals surface area contributed by atoms with E-state index < -0.39 is 17.7 Å². The number of fused-ring (bicyclic) bond motifs is 1. The lowest BCUT2D eigenvalue weighted by molar-refractivity contribution is 0.0600. The summed E-state index contributed by atoms with van der Waals surface area (Å²) in [7, 11) is 1.33. The molecule has 2 aromatic carbocycles. The maximum Gasteiger partial charge on any atom is 0.337 e. The van der Waals surface area contributed by atoms with Crippen molar-refractivity contribution in [3.63, 3.8) is 0 Å². The molecule has 1 aliphatic rings. The second-order valence-electron chi connectivity index (χ2n) is 5.45. The highest BCUT2D eigenvalue weighted by atomic mass is 19.1. The first-order valence-electron chi connectivity index (χ1n) is 7.49. The van der Waals surface area contributed by atoms with E-state index in [-0.39, 0.29) is 18.2 Å². The molecule has 24 heavy (non-hydrogen) atoms. The number of esters is 1. The van der Waals surface area contributed by atoms with Crippen LogP contribution in [-0.2, 0) is 11.2 Å². The van der Waals surface area contributed by atoms with Crippen LogP contribution in [0.2, 0.25) is 0 Å². The van der Waals surface area contributed by atoms with Crippen LogP contribution < -0.4 is 10.1 Å². The third-order valence-corrected chi connectivity index (χ3v) is 3.83. The molecule has 6 heteroatoms. The molecule has 1 unspecified atom stereocenters. The maximum absolute atomic E-state index is 13.6. The number of methoxy groups -OCH3 is 1. The number of carbonyl (C=O) groups excluding carboxylic acids is 2. The van der Waals surface area contributed by atoms with Crippen LogP contribution in [0, 0.1) is 5.82 Å². The van der Waals surface area contributed by atoms with Crippen molar-refractivity contribution in [1.82, 2.24) is 5.32 Å². The zero-order valence-corrected chi connectivity index (χ0v) is 13.0. The lowest BCUT2D eigenvalue weighted by Gasteiger charge is -2.12. The third kappa shape index (κ3) is 3.22. The van der Waals surface area contributed by atoms with E-state index in [1.54, 1.807) is 24.3 Å². The van der Waals surface area contributed by atoms with E-state index in [2.05, 4.69) is 10.1 Å². The Labute approximate surface area is 138 Å². The largest absolute Gasteiger partial charge is 0.488 e. The fourth-order valence-electron chi connectivity index (χ4n) is 2.63. The van der Waals surface area contributed by atoms with Gasteiger partial charge in [-0.25, -0.2) is 9.18 Å². The van der Waals surface area contributed by atoms with Gasteiger partial charge in [0, 0.05) is 6.42 Å². The Morgan fingerprint density at radius 3 is 2.83 bits per heavy atom. The number of hydrogen-bond donors (Lipinski definition) is 1. The van der Waals surface area contributed by atoms with Crippen LogP contribution >= 0.6 is 0 Å². The van der Waals surface area contributed by atoms with Crippen molar-refractivity contribution in [3.05, 3.63) is 65.0 Å². The molecule has 0 spiro atoms. The van der Waals surface area contributed by atoms with Crippen LogP contribution in [0.25, 0.3) is 0 Å². The normalized spacial score (nSPS) is 15.3. The lowest BCUT2D eigenvalue weighted by Crippen LogP contribution is -2.34. The highest BCUT2D eigenvalue weighted by Gasteiger charge is 2.25.